The molecular weight excluding hydrogens is 364 g/mol. The zero-order chi connectivity index (χ0) is 20.2. The first-order valence-electron chi connectivity index (χ1n) is 9.12. The van der Waals surface area contributed by atoms with E-state index < -0.39 is 6.10 Å². The Morgan fingerprint density at radius 2 is 1.83 bits per heavy atom. The minimum Gasteiger partial charge on any atom is -0.380 e. The predicted octanol–water partition coefficient (Wildman–Crippen LogP) is 4.02. The van der Waals surface area contributed by atoms with Crippen LogP contribution in [0.4, 0.5) is 11.4 Å². The molecular formula is C23H18N4O2. The number of fused-ring (bicyclic) bond motifs is 1. The second-order valence-corrected chi connectivity index (χ2v) is 6.72. The fourth-order valence-corrected chi connectivity index (χ4v) is 3.22. The Kier molecular flexibility index (Phi) is 5.06. The van der Waals surface area contributed by atoms with Crippen LogP contribution in [0.3, 0.4) is 0 Å². The molecule has 29 heavy (non-hydrogen) atoms. The molecule has 0 aliphatic carbocycles. The molecule has 0 amide bonds. The lowest BCUT2D eigenvalue weighted by atomic mass is 9.99. The average Bonchev–Trinajstić information content (AvgIpc) is 3.18. The summed E-state index contributed by atoms with van der Waals surface area (Å²) in [4.78, 5) is 19.6. The number of aliphatic hydroxyl groups is 1. The maximum atomic E-state index is 12.6. The first kappa shape index (κ1) is 18.4. The number of rotatable bonds is 6. The second-order valence-electron chi connectivity index (χ2n) is 6.72. The summed E-state index contributed by atoms with van der Waals surface area (Å²) < 4.78 is 0. The van der Waals surface area contributed by atoms with Gasteiger partial charge in [-0.3, -0.25) is 9.78 Å². The highest BCUT2D eigenvalue weighted by atomic mass is 16.3. The van der Waals surface area contributed by atoms with Crippen LogP contribution in [-0.4, -0.2) is 20.9 Å². The molecule has 2 aromatic heterocycles. The zero-order valence-electron chi connectivity index (χ0n) is 15.5. The van der Waals surface area contributed by atoms with E-state index in [9.17, 15) is 9.90 Å². The fraction of sp³-hybridized carbons (Fsp3) is 0.0870. The van der Waals surface area contributed by atoms with E-state index in [0.717, 1.165) is 22.5 Å². The van der Waals surface area contributed by atoms with Gasteiger partial charge in [-0.25, -0.2) is 0 Å². The van der Waals surface area contributed by atoms with E-state index in [0.29, 0.717) is 16.5 Å². The number of H-pyrrole nitrogens is 1. The number of pyridine rings is 1. The van der Waals surface area contributed by atoms with Crippen LogP contribution >= 0.6 is 0 Å². The molecule has 0 aliphatic heterocycles. The normalized spacial score (nSPS) is 11.7. The standard InChI is InChI=1S/C23H18N4O2/c24-13-16-3-6-21-19(11-16)20(14-26-21)23(29)22(28)12-15-1-4-17(5-2-15)27-18-7-9-25-10-8-18/h1-11,14,23,26,29H,12H2,(H,25,27). The Bertz CT molecular complexity index is 1190. The van der Waals surface area contributed by atoms with Crippen molar-refractivity contribution in [1.29, 1.82) is 5.26 Å². The molecule has 4 aromatic rings. The van der Waals surface area contributed by atoms with Gasteiger partial charge in [-0.2, -0.15) is 5.26 Å². The molecule has 6 nitrogen and oxygen atoms in total. The molecule has 3 N–H and O–H groups in total. The Morgan fingerprint density at radius 3 is 2.55 bits per heavy atom. The number of nitrogens with one attached hydrogen (secondary N) is 2. The first-order chi connectivity index (χ1) is 14.1. The summed E-state index contributed by atoms with van der Waals surface area (Å²) >= 11 is 0. The first-order valence-corrected chi connectivity index (χ1v) is 9.12. The number of aliphatic hydroxyl groups excluding tert-OH is 1. The van der Waals surface area contributed by atoms with Crippen molar-refractivity contribution >= 4 is 28.1 Å². The predicted molar refractivity (Wildman–Crippen MR) is 111 cm³/mol. The van der Waals surface area contributed by atoms with E-state index in [4.69, 9.17) is 5.26 Å². The maximum absolute atomic E-state index is 12.6. The highest BCUT2D eigenvalue weighted by Crippen LogP contribution is 2.27. The third kappa shape index (κ3) is 4.00. The number of nitrogens with zero attached hydrogens (tertiary/aromatic N) is 2. The number of benzene rings is 2. The summed E-state index contributed by atoms with van der Waals surface area (Å²) in [6, 6.07) is 18.4. The van der Waals surface area contributed by atoms with Crippen LogP contribution in [0, 0.1) is 11.3 Å². The number of hydrogen-bond acceptors (Lipinski definition) is 5. The molecule has 0 spiro atoms. The third-order valence-corrected chi connectivity index (χ3v) is 4.74. The molecule has 0 radical (unpaired) electrons. The van der Waals surface area contributed by atoms with Crippen LogP contribution in [0.15, 0.2) is 73.2 Å². The highest BCUT2D eigenvalue weighted by Gasteiger charge is 2.21. The molecule has 4 rings (SSSR count). The average molecular weight is 382 g/mol. The summed E-state index contributed by atoms with van der Waals surface area (Å²) in [6.07, 6.45) is 3.90. The van der Waals surface area contributed by atoms with E-state index in [-0.39, 0.29) is 12.2 Å². The van der Waals surface area contributed by atoms with E-state index in [1.165, 1.54) is 0 Å². The lowest BCUT2D eigenvalue weighted by Crippen LogP contribution is -2.14. The number of hydrogen-bond donors (Lipinski definition) is 3. The van der Waals surface area contributed by atoms with Crippen molar-refractivity contribution < 1.29 is 9.90 Å². The zero-order valence-corrected chi connectivity index (χ0v) is 15.5. The van der Waals surface area contributed by atoms with Crippen molar-refractivity contribution in [2.75, 3.05) is 5.32 Å². The lowest BCUT2D eigenvalue weighted by molar-refractivity contribution is -0.126. The monoisotopic (exact) mass is 382 g/mol. The van der Waals surface area contributed by atoms with Crippen LogP contribution in [-0.2, 0) is 11.2 Å². The molecule has 2 heterocycles. The number of aromatic amines is 1. The second kappa shape index (κ2) is 7.97. The molecule has 0 saturated heterocycles. The van der Waals surface area contributed by atoms with Gasteiger partial charge in [0.1, 0.15) is 6.10 Å². The minimum atomic E-state index is -1.26. The molecule has 6 heteroatoms. The van der Waals surface area contributed by atoms with Crippen molar-refractivity contribution in [3.05, 3.63) is 89.9 Å². The van der Waals surface area contributed by atoms with Gasteiger partial charge in [0.25, 0.3) is 0 Å². The van der Waals surface area contributed by atoms with Gasteiger partial charge in [-0.15, -0.1) is 0 Å². The van der Waals surface area contributed by atoms with E-state index in [1.54, 1.807) is 36.8 Å². The Balaban J connectivity index is 1.47. The Labute approximate surface area is 167 Å². The highest BCUT2D eigenvalue weighted by molar-refractivity contribution is 5.93. The number of carbonyl (C=O) groups is 1. The number of nitriles is 1. The van der Waals surface area contributed by atoms with Gasteiger partial charge in [0.15, 0.2) is 5.78 Å². The summed E-state index contributed by atoms with van der Waals surface area (Å²) in [5.41, 5.74) is 4.38. The molecule has 142 valence electrons. The quantitative estimate of drug-likeness (QED) is 0.467. The minimum absolute atomic E-state index is 0.112. The van der Waals surface area contributed by atoms with Gasteiger partial charge in [0.2, 0.25) is 0 Å². The Hall–Kier alpha value is -3.95. The summed E-state index contributed by atoms with van der Waals surface area (Å²) in [6.45, 7) is 0. The topological polar surface area (TPSA) is 102 Å². The molecule has 0 aliphatic rings. The fourth-order valence-electron chi connectivity index (χ4n) is 3.22. The van der Waals surface area contributed by atoms with Gasteiger partial charge >= 0.3 is 0 Å². The number of aromatic nitrogens is 2. The van der Waals surface area contributed by atoms with Crippen LogP contribution in [0.25, 0.3) is 10.9 Å². The number of Topliss-reactive ketones (excluding diaryl/α,β-unsaturated/α-hetero) is 1. The largest absolute Gasteiger partial charge is 0.380 e. The molecule has 0 saturated carbocycles. The molecule has 2 aromatic carbocycles. The van der Waals surface area contributed by atoms with Crippen molar-refractivity contribution in [1.82, 2.24) is 9.97 Å². The Morgan fingerprint density at radius 1 is 1.10 bits per heavy atom. The van der Waals surface area contributed by atoms with Gasteiger partial charge in [-0.05, 0) is 48.0 Å². The van der Waals surface area contributed by atoms with Crippen LogP contribution in [0.5, 0.6) is 0 Å². The molecule has 1 atom stereocenters. The van der Waals surface area contributed by atoms with Gasteiger partial charge in [0, 0.05) is 52.9 Å². The van der Waals surface area contributed by atoms with Gasteiger partial charge < -0.3 is 15.4 Å². The molecule has 1 unspecified atom stereocenters. The van der Waals surface area contributed by atoms with E-state index in [2.05, 4.69) is 21.4 Å². The van der Waals surface area contributed by atoms with Crippen molar-refractivity contribution in [2.24, 2.45) is 0 Å². The van der Waals surface area contributed by atoms with Crippen LogP contribution < -0.4 is 5.32 Å². The van der Waals surface area contributed by atoms with Gasteiger partial charge in [0.05, 0.1) is 11.6 Å². The van der Waals surface area contributed by atoms with Crippen molar-refractivity contribution in [3.63, 3.8) is 0 Å². The molecule has 0 fully saturated rings. The number of ketones is 1. The van der Waals surface area contributed by atoms with Crippen LogP contribution in [0.2, 0.25) is 0 Å². The van der Waals surface area contributed by atoms with Crippen molar-refractivity contribution in [3.8, 4) is 6.07 Å². The SMILES string of the molecule is N#Cc1ccc2[nH]cc(C(O)C(=O)Cc3ccc(Nc4ccncc4)cc3)c2c1. The molecule has 0 bridgehead atoms. The smallest absolute Gasteiger partial charge is 0.170 e. The van der Waals surface area contributed by atoms with E-state index in [1.807, 2.05) is 36.4 Å². The van der Waals surface area contributed by atoms with Gasteiger partial charge in [-0.1, -0.05) is 12.1 Å². The van der Waals surface area contributed by atoms with Crippen molar-refractivity contribution in [2.45, 2.75) is 12.5 Å². The number of carbonyl (C=O) groups excluding carboxylic acids is 1. The summed E-state index contributed by atoms with van der Waals surface area (Å²) in [5.74, 6) is -0.303. The lowest BCUT2D eigenvalue weighted by Gasteiger charge is -2.10. The maximum Gasteiger partial charge on any atom is 0.170 e. The summed E-state index contributed by atoms with van der Waals surface area (Å²) in [5, 5.41) is 23.6. The van der Waals surface area contributed by atoms with Crippen LogP contribution in [0.1, 0.15) is 22.8 Å². The van der Waals surface area contributed by atoms with E-state index >= 15 is 0 Å². The number of anilines is 2. The third-order valence-electron chi connectivity index (χ3n) is 4.74. The summed E-state index contributed by atoms with van der Waals surface area (Å²) in [7, 11) is 0.